The molecule has 2 aromatic rings. The summed E-state index contributed by atoms with van der Waals surface area (Å²) in [6.07, 6.45) is 4.09. The quantitative estimate of drug-likeness (QED) is 0.748. The minimum atomic E-state index is -0.357. The van der Waals surface area contributed by atoms with E-state index in [2.05, 4.69) is 16.7 Å². The van der Waals surface area contributed by atoms with Crippen molar-refractivity contribution in [1.29, 1.82) is 0 Å². The molecule has 0 amide bonds. The average Bonchev–Trinajstić information content (AvgIpc) is 3.21. The van der Waals surface area contributed by atoms with Crippen LogP contribution in [-0.4, -0.2) is 64.3 Å². The van der Waals surface area contributed by atoms with Gasteiger partial charge in [-0.15, -0.1) is 11.3 Å². The number of hydrogen-bond acceptors (Lipinski definition) is 8. The van der Waals surface area contributed by atoms with E-state index in [0.717, 1.165) is 53.5 Å². The molecule has 2 aromatic heterocycles. The summed E-state index contributed by atoms with van der Waals surface area (Å²) >= 11 is 1.39. The monoisotopic (exact) mass is 418 g/mol. The summed E-state index contributed by atoms with van der Waals surface area (Å²) in [7, 11) is 0. The highest BCUT2D eigenvalue weighted by Crippen LogP contribution is 2.38. The smallest absolute Gasteiger partial charge is 0.348 e. The number of carbonyl (C=O) groups is 1. The van der Waals surface area contributed by atoms with Gasteiger partial charge >= 0.3 is 5.97 Å². The topological polar surface area (TPSA) is 78.8 Å². The van der Waals surface area contributed by atoms with Gasteiger partial charge in [-0.05, 0) is 58.7 Å². The van der Waals surface area contributed by atoms with Crippen LogP contribution in [0.1, 0.15) is 60.6 Å². The number of aliphatic hydroxyl groups is 1. The maximum Gasteiger partial charge on any atom is 0.348 e. The molecule has 2 saturated heterocycles. The van der Waals surface area contributed by atoms with E-state index in [4.69, 9.17) is 14.7 Å². The molecule has 0 saturated carbocycles. The lowest BCUT2D eigenvalue weighted by molar-refractivity contribution is 0.0531. The fraction of sp³-hybridized carbons (Fsp3) is 0.667. The van der Waals surface area contributed by atoms with Crippen LogP contribution < -0.4 is 4.90 Å². The number of likely N-dealkylation sites (tertiary alicyclic amines) is 1. The number of thiophene rings is 1. The number of hydrogen-bond donors (Lipinski definition) is 1. The first-order valence-electron chi connectivity index (χ1n) is 10.6. The second-order valence-electron chi connectivity index (χ2n) is 8.15. The number of aromatic nitrogens is 2. The third-order valence-corrected chi connectivity index (χ3v) is 7.08. The first kappa shape index (κ1) is 20.5. The van der Waals surface area contributed by atoms with E-state index in [0.29, 0.717) is 18.0 Å². The van der Waals surface area contributed by atoms with Crippen LogP contribution in [0.3, 0.4) is 0 Å². The number of aryl methyl sites for hydroxylation is 1. The molecule has 0 unspecified atom stereocenters. The van der Waals surface area contributed by atoms with Crippen LogP contribution in [0, 0.1) is 6.92 Å². The van der Waals surface area contributed by atoms with Gasteiger partial charge in [0.25, 0.3) is 0 Å². The predicted molar refractivity (Wildman–Crippen MR) is 115 cm³/mol. The molecule has 7 nitrogen and oxygen atoms in total. The number of aliphatic hydroxyl groups excluding tert-OH is 1. The Labute approximate surface area is 175 Å². The molecule has 1 N–H and O–H groups in total. The van der Waals surface area contributed by atoms with Gasteiger partial charge in [0.15, 0.2) is 0 Å². The first-order valence-corrected chi connectivity index (χ1v) is 11.4. The molecule has 0 aromatic carbocycles. The molecule has 2 aliphatic rings. The van der Waals surface area contributed by atoms with Gasteiger partial charge in [-0.1, -0.05) is 6.42 Å². The third-order valence-electron chi connectivity index (χ3n) is 5.92. The van der Waals surface area contributed by atoms with Gasteiger partial charge < -0.3 is 14.7 Å². The highest BCUT2D eigenvalue weighted by atomic mass is 32.1. The van der Waals surface area contributed by atoms with Crippen molar-refractivity contribution in [2.45, 2.75) is 65.1 Å². The van der Waals surface area contributed by atoms with Gasteiger partial charge in [0.2, 0.25) is 0 Å². The Morgan fingerprint density at radius 1 is 1.28 bits per heavy atom. The molecule has 0 bridgehead atoms. The van der Waals surface area contributed by atoms with Gasteiger partial charge in [-0.25, -0.2) is 14.8 Å². The number of rotatable bonds is 5. The molecule has 2 atom stereocenters. The van der Waals surface area contributed by atoms with Crippen LogP contribution in [0.4, 0.5) is 5.82 Å². The van der Waals surface area contributed by atoms with Crippen LogP contribution in [0.15, 0.2) is 0 Å². The van der Waals surface area contributed by atoms with E-state index < -0.39 is 0 Å². The Morgan fingerprint density at radius 2 is 2.03 bits per heavy atom. The zero-order chi connectivity index (χ0) is 20.5. The van der Waals surface area contributed by atoms with Crippen molar-refractivity contribution in [2.24, 2.45) is 0 Å². The number of carbonyl (C=O) groups excluding carboxylic acids is 1. The molecule has 0 spiro atoms. The maximum atomic E-state index is 12.5. The fourth-order valence-electron chi connectivity index (χ4n) is 4.45. The van der Waals surface area contributed by atoms with Gasteiger partial charge in [0.05, 0.1) is 24.6 Å². The van der Waals surface area contributed by atoms with Crippen molar-refractivity contribution >= 4 is 33.3 Å². The standard InChI is InChI=1S/C21H30N4O3S/c1-4-28-21(27)18-14(3)17-19(25-11-15(26)10-13(25)2)22-16(23-20(17)29-18)12-24-8-6-5-7-9-24/h13,15,26H,4-12H2,1-3H3/t13-,15-/m0/s1. The highest BCUT2D eigenvalue weighted by Gasteiger charge is 2.32. The minimum Gasteiger partial charge on any atom is -0.462 e. The summed E-state index contributed by atoms with van der Waals surface area (Å²) in [4.78, 5) is 28.3. The lowest BCUT2D eigenvalue weighted by Gasteiger charge is -2.27. The fourth-order valence-corrected chi connectivity index (χ4v) is 5.53. The van der Waals surface area contributed by atoms with Gasteiger partial charge in [-0.2, -0.15) is 0 Å². The van der Waals surface area contributed by atoms with Gasteiger partial charge in [-0.3, -0.25) is 4.90 Å². The molecule has 0 aliphatic carbocycles. The van der Waals surface area contributed by atoms with Crippen LogP contribution in [-0.2, 0) is 11.3 Å². The number of β-amino-alcohol motifs (C(OH)–C–C–N with tert-alkyl or cyclic N) is 1. The Hall–Kier alpha value is -1.77. The van der Waals surface area contributed by atoms with Crippen molar-refractivity contribution in [3.8, 4) is 0 Å². The molecule has 2 aliphatic heterocycles. The van der Waals surface area contributed by atoms with Crippen LogP contribution in [0.5, 0.6) is 0 Å². The van der Waals surface area contributed by atoms with Gasteiger partial charge in [0, 0.05) is 12.6 Å². The highest BCUT2D eigenvalue weighted by molar-refractivity contribution is 7.20. The van der Waals surface area contributed by atoms with Crippen molar-refractivity contribution in [1.82, 2.24) is 14.9 Å². The number of esters is 1. The van der Waals surface area contributed by atoms with Crippen molar-refractivity contribution in [3.63, 3.8) is 0 Å². The second-order valence-corrected chi connectivity index (χ2v) is 9.15. The summed E-state index contributed by atoms with van der Waals surface area (Å²) in [6, 6.07) is 0.191. The summed E-state index contributed by atoms with van der Waals surface area (Å²) in [6.45, 7) is 9.65. The number of fused-ring (bicyclic) bond motifs is 1. The zero-order valence-corrected chi connectivity index (χ0v) is 18.3. The molecular formula is C21H30N4O3S. The van der Waals surface area contributed by atoms with Crippen LogP contribution >= 0.6 is 11.3 Å². The first-order chi connectivity index (χ1) is 14.0. The SMILES string of the molecule is CCOC(=O)c1sc2nc(CN3CCCCC3)nc(N3C[C@@H](O)C[C@@H]3C)c2c1C. The Bertz CT molecular complexity index is 894. The Balaban J connectivity index is 1.78. The molecule has 8 heteroatoms. The van der Waals surface area contributed by atoms with Crippen LogP contribution in [0.2, 0.25) is 0 Å². The maximum absolute atomic E-state index is 12.5. The molecule has 0 radical (unpaired) electrons. The van der Waals surface area contributed by atoms with Crippen molar-refractivity contribution in [2.75, 3.05) is 31.1 Å². The van der Waals surface area contributed by atoms with Crippen molar-refractivity contribution in [3.05, 3.63) is 16.3 Å². The minimum absolute atomic E-state index is 0.191. The van der Waals surface area contributed by atoms with E-state index >= 15 is 0 Å². The zero-order valence-electron chi connectivity index (χ0n) is 17.5. The molecule has 4 rings (SSSR count). The number of anilines is 1. The van der Waals surface area contributed by atoms with Crippen molar-refractivity contribution < 1.29 is 14.6 Å². The summed E-state index contributed by atoms with van der Waals surface area (Å²) in [5.74, 6) is 1.33. The largest absolute Gasteiger partial charge is 0.462 e. The van der Waals surface area contributed by atoms with E-state index in [1.165, 1.54) is 30.6 Å². The number of nitrogens with zero attached hydrogens (tertiary/aromatic N) is 4. The number of ether oxygens (including phenoxy) is 1. The average molecular weight is 419 g/mol. The molecule has 29 heavy (non-hydrogen) atoms. The summed E-state index contributed by atoms with van der Waals surface area (Å²) in [5.41, 5.74) is 0.872. The summed E-state index contributed by atoms with van der Waals surface area (Å²) < 4.78 is 5.26. The van der Waals surface area contributed by atoms with E-state index in [1.807, 2.05) is 13.8 Å². The van der Waals surface area contributed by atoms with E-state index in [-0.39, 0.29) is 18.1 Å². The lowest BCUT2D eigenvalue weighted by atomic mass is 10.1. The molecule has 4 heterocycles. The third kappa shape index (κ3) is 4.11. The molecular weight excluding hydrogens is 388 g/mol. The molecule has 2 fully saturated rings. The normalized spacial score (nSPS) is 23.1. The summed E-state index contributed by atoms with van der Waals surface area (Å²) in [5, 5.41) is 11.1. The second kappa shape index (κ2) is 8.53. The van der Waals surface area contributed by atoms with E-state index in [9.17, 15) is 9.90 Å². The Kier molecular flexibility index (Phi) is 6.03. The molecule has 158 valence electrons. The predicted octanol–water partition coefficient (Wildman–Crippen LogP) is 3.12. The van der Waals surface area contributed by atoms with Crippen LogP contribution in [0.25, 0.3) is 10.2 Å². The van der Waals surface area contributed by atoms with E-state index in [1.54, 1.807) is 0 Å². The lowest BCUT2D eigenvalue weighted by Crippen LogP contribution is -2.31. The van der Waals surface area contributed by atoms with Gasteiger partial charge in [0.1, 0.15) is 21.3 Å². The Morgan fingerprint density at radius 3 is 2.69 bits per heavy atom. The number of piperidine rings is 1.